The predicted octanol–water partition coefficient (Wildman–Crippen LogP) is 6.44. The molecule has 1 unspecified atom stereocenters. The molecular formula is C29H37ClN4O2. The minimum atomic E-state index is -0.287. The molecule has 1 N–H and O–H groups in total. The van der Waals surface area contributed by atoms with E-state index in [1.807, 2.05) is 69.3 Å². The van der Waals surface area contributed by atoms with Gasteiger partial charge in [-0.2, -0.15) is 5.10 Å². The highest BCUT2D eigenvalue weighted by molar-refractivity contribution is 6.30. The summed E-state index contributed by atoms with van der Waals surface area (Å²) in [6, 6.07) is 18.9. The van der Waals surface area contributed by atoms with Gasteiger partial charge in [-0.05, 0) is 42.2 Å². The smallest absolute Gasteiger partial charge is 0.245 e. The van der Waals surface area contributed by atoms with Crippen LogP contribution in [0.4, 0.5) is 5.82 Å². The summed E-state index contributed by atoms with van der Waals surface area (Å²) >= 11 is 6.07. The molecule has 0 radical (unpaired) electrons. The van der Waals surface area contributed by atoms with Gasteiger partial charge < -0.3 is 10.2 Å². The third-order valence-electron chi connectivity index (χ3n) is 5.96. The molecule has 192 valence electrons. The molecule has 2 amide bonds. The second-order valence-corrected chi connectivity index (χ2v) is 11.0. The lowest BCUT2D eigenvalue weighted by Gasteiger charge is -2.28. The SMILES string of the molecule is CCC(C(=O)N(CC(=O)Nc1cc(C(C)(C)C)nn1-c1ccc(Cl)cc1)CC(C)C)c1ccccc1. The predicted molar refractivity (Wildman–Crippen MR) is 147 cm³/mol. The summed E-state index contributed by atoms with van der Waals surface area (Å²) < 4.78 is 1.71. The van der Waals surface area contributed by atoms with Gasteiger partial charge in [-0.1, -0.05) is 83.5 Å². The van der Waals surface area contributed by atoms with Crippen molar-refractivity contribution in [2.45, 2.75) is 59.3 Å². The van der Waals surface area contributed by atoms with Gasteiger partial charge in [-0.3, -0.25) is 9.59 Å². The number of nitrogens with zero attached hydrogens (tertiary/aromatic N) is 3. The van der Waals surface area contributed by atoms with Crippen LogP contribution in [0.2, 0.25) is 5.02 Å². The zero-order valence-electron chi connectivity index (χ0n) is 22.1. The Hall–Kier alpha value is -3.12. The van der Waals surface area contributed by atoms with E-state index in [-0.39, 0.29) is 35.6 Å². The molecule has 0 bridgehead atoms. The Balaban J connectivity index is 1.86. The normalized spacial score (nSPS) is 12.4. The van der Waals surface area contributed by atoms with Gasteiger partial charge in [0, 0.05) is 23.0 Å². The Labute approximate surface area is 219 Å². The first-order valence-corrected chi connectivity index (χ1v) is 12.9. The number of aromatic nitrogens is 2. The first kappa shape index (κ1) is 27.5. The second-order valence-electron chi connectivity index (χ2n) is 10.6. The highest BCUT2D eigenvalue weighted by Gasteiger charge is 2.27. The van der Waals surface area contributed by atoms with Gasteiger partial charge in [0.2, 0.25) is 11.8 Å². The minimum Gasteiger partial charge on any atom is -0.333 e. The van der Waals surface area contributed by atoms with Gasteiger partial charge in [0.05, 0.1) is 23.8 Å². The van der Waals surface area contributed by atoms with Gasteiger partial charge in [0.1, 0.15) is 5.82 Å². The van der Waals surface area contributed by atoms with Gasteiger partial charge >= 0.3 is 0 Å². The van der Waals surface area contributed by atoms with E-state index in [4.69, 9.17) is 16.7 Å². The number of benzene rings is 2. The summed E-state index contributed by atoms with van der Waals surface area (Å²) in [7, 11) is 0. The van der Waals surface area contributed by atoms with E-state index in [9.17, 15) is 9.59 Å². The molecule has 1 atom stereocenters. The number of hydrogen-bond acceptors (Lipinski definition) is 3. The molecule has 0 fully saturated rings. The maximum absolute atomic E-state index is 13.6. The van der Waals surface area contributed by atoms with E-state index in [2.05, 4.69) is 26.1 Å². The van der Waals surface area contributed by atoms with Crippen LogP contribution in [0, 0.1) is 5.92 Å². The Kier molecular flexibility index (Phi) is 8.96. The lowest BCUT2D eigenvalue weighted by Crippen LogP contribution is -2.42. The van der Waals surface area contributed by atoms with Crippen LogP contribution in [-0.2, 0) is 15.0 Å². The van der Waals surface area contributed by atoms with Crippen molar-refractivity contribution in [2.24, 2.45) is 5.92 Å². The fourth-order valence-corrected chi connectivity index (χ4v) is 4.23. The van der Waals surface area contributed by atoms with Crippen LogP contribution < -0.4 is 5.32 Å². The Morgan fingerprint density at radius 2 is 1.69 bits per heavy atom. The summed E-state index contributed by atoms with van der Waals surface area (Å²) in [5.41, 5.74) is 2.39. The molecule has 36 heavy (non-hydrogen) atoms. The first-order valence-electron chi connectivity index (χ1n) is 12.5. The molecule has 0 aliphatic carbocycles. The topological polar surface area (TPSA) is 67.2 Å². The molecule has 3 aromatic rings. The summed E-state index contributed by atoms with van der Waals surface area (Å²) in [6.45, 7) is 12.8. The lowest BCUT2D eigenvalue weighted by molar-refractivity contribution is -0.136. The maximum Gasteiger partial charge on any atom is 0.245 e. The van der Waals surface area contributed by atoms with Crippen molar-refractivity contribution in [3.05, 3.63) is 76.9 Å². The van der Waals surface area contributed by atoms with Gasteiger partial charge in [-0.15, -0.1) is 0 Å². The number of amides is 2. The molecular weight excluding hydrogens is 472 g/mol. The van der Waals surface area contributed by atoms with E-state index >= 15 is 0 Å². The molecule has 0 saturated heterocycles. The summed E-state index contributed by atoms with van der Waals surface area (Å²) in [5, 5.41) is 8.39. The average Bonchev–Trinajstić information content (AvgIpc) is 3.24. The van der Waals surface area contributed by atoms with E-state index < -0.39 is 0 Å². The molecule has 6 nitrogen and oxygen atoms in total. The molecule has 7 heteroatoms. The number of hydrogen-bond donors (Lipinski definition) is 1. The van der Waals surface area contributed by atoms with Crippen LogP contribution in [0.25, 0.3) is 5.69 Å². The standard InChI is InChI=1S/C29H37ClN4O2/c1-7-24(21-11-9-8-10-12-21)28(36)33(18-20(2)3)19-27(35)31-26-17-25(29(4,5)6)32-34(26)23-15-13-22(30)14-16-23/h8-17,20,24H,7,18-19H2,1-6H3,(H,31,35). The van der Waals surface area contributed by atoms with Crippen molar-refractivity contribution in [3.8, 4) is 5.69 Å². The van der Waals surface area contributed by atoms with Crippen LogP contribution in [0.3, 0.4) is 0 Å². The van der Waals surface area contributed by atoms with Crippen LogP contribution >= 0.6 is 11.6 Å². The van der Waals surface area contributed by atoms with Crippen LogP contribution in [0.5, 0.6) is 0 Å². The van der Waals surface area contributed by atoms with Gasteiger partial charge in [0.15, 0.2) is 0 Å². The third-order valence-corrected chi connectivity index (χ3v) is 6.21. The highest BCUT2D eigenvalue weighted by Crippen LogP contribution is 2.27. The van der Waals surface area contributed by atoms with Gasteiger partial charge in [0.25, 0.3) is 0 Å². The zero-order chi connectivity index (χ0) is 26.5. The highest BCUT2D eigenvalue weighted by atomic mass is 35.5. The fraction of sp³-hybridized carbons (Fsp3) is 0.414. The largest absolute Gasteiger partial charge is 0.333 e. The van der Waals surface area contributed by atoms with Crippen molar-refractivity contribution in [1.82, 2.24) is 14.7 Å². The molecule has 2 aromatic carbocycles. The molecule has 3 rings (SSSR count). The number of carbonyl (C=O) groups excluding carboxylic acids is 2. The number of halogens is 1. The van der Waals surface area contributed by atoms with Gasteiger partial charge in [-0.25, -0.2) is 4.68 Å². The van der Waals surface area contributed by atoms with E-state index in [0.29, 0.717) is 23.8 Å². The van der Waals surface area contributed by atoms with E-state index in [1.165, 1.54) is 0 Å². The molecule has 0 aliphatic rings. The minimum absolute atomic E-state index is 0.0308. The number of nitrogens with one attached hydrogen (secondary N) is 1. The number of carbonyl (C=O) groups is 2. The summed E-state index contributed by atoms with van der Waals surface area (Å²) in [5.74, 6) is 0.197. The van der Waals surface area contributed by atoms with Crippen molar-refractivity contribution < 1.29 is 9.59 Å². The Bertz CT molecular complexity index is 1160. The van der Waals surface area contributed by atoms with Crippen molar-refractivity contribution >= 4 is 29.2 Å². The quantitative estimate of drug-likeness (QED) is 0.361. The molecule has 1 heterocycles. The Morgan fingerprint density at radius 1 is 1.06 bits per heavy atom. The molecule has 0 spiro atoms. The Morgan fingerprint density at radius 3 is 2.25 bits per heavy atom. The van der Waals surface area contributed by atoms with Crippen LogP contribution in [0.15, 0.2) is 60.7 Å². The second kappa shape index (κ2) is 11.7. The van der Waals surface area contributed by atoms with E-state index in [1.54, 1.807) is 21.7 Å². The van der Waals surface area contributed by atoms with Crippen molar-refractivity contribution in [2.75, 3.05) is 18.4 Å². The zero-order valence-corrected chi connectivity index (χ0v) is 22.8. The number of rotatable bonds is 9. The maximum atomic E-state index is 13.6. The molecule has 1 aromatic heterocycles. The average molecular weight is 509 g/mol. The first-order chi connectivity index (χ1) is 17.0. The summed E-state index contributed by atoms with van der Waals surface area (Å²) in [4.78, 5) is 28.5. The van der Waals surface area contributed by atoms with Crippen LogP contribution in [0.1, 0.15) is 65.1 Å². The van der Waals surface area contributed by atoms with Crippen molar-refractivity contribution in [3.63, 3.8) is 0 Å². The van der Waals surface area contributed by atoms with Crippen molar-refractivity contribution in [1.29, 1.82) is 0 Å². The lowest BCUT2D eigenvalue weighted by atomic mass is 9.92. The third kappa shape index (κ3) is 6.97. The monoisotopic (exact) mass is 508 g/mol. The molecule has 0 aliphatic heterocycles. The van der Waals surface area contributed by atoms with E-state index in [0.717, 1.165) is 16.9 Å². The number of anilines is 1. The molecule has 0 saturated carbocycles. The summed E-state index contributed by atoms with van der Waals surface area (Å²) in [6.07, 6.45) is 0.664. The van der Waals surface area contributed by atoms with Crippen LogP contribution in [-0.4, -0.2) is 39.6 Å². The fourth-order valence-electron chi connectivity index (χ4n) is 4.10.